The summed E-state index contributed by atoms with van der Waals surface area (Å²) >= 11 is 0. The molecule has 11 heteroatoms. The Bertz CT molecular complexity index is 1130. The van der Waals surface area contributed by atoms with Crippen molar-refractivity contribution in [3.05, 3.63) is 35.0 Å². The summed E-state index contributed by atoms with van der Waals surface area (Å²) in [4.78, 5) is 34.0. The summed E-state index contributed by atoms with van der Waals surface area (Å²) in [6.45, 7) is 13.0. The van der Waals surface area contributed by atoms with Gasteiger partial charge in [0.15, 0.2) is 0 Å². The summed E-state index contributed by atoms with van der Waals surface area (Å²) in [6, 6.07) is 5.90. The zero-order chi connectivity index (χ0) is 30.9. The van der Waals surface area contributed by atoms with Gasteiger partial charge in [0.1, 0.15) is 17.3 Å². The number of anilines is 2. The minimum Gasteiger partial charge on any atom is -0.496 e. The van der Waals surface area contributed by atoms with Crippen molar-refractivity contribution in [2.24, 2.45) is 0 Å². The molecule has 0 aliphatic rings. The fourth-order valence-electron chi connectivity index (χ4n) is 4.66. The lowest BCUT2D eigenvalue weighted by atomic mass is 10.0. The van der Waals surface area contributed by atoms with Crippen molar-refractivity contribution in [3.63, 3.8) is 0 Å². The van der Waals surface area contributed by atoms with E-state index in [2.05, 4.69) is 34.0 Å². The molecule has 0 aliphatic carbocycles. The van der Waals surface area contributed by atoms with E-state index in [0.29, 0.717) is 57.2 Å². The standard InChI is InChI=1S/C31H49N5O6/c1-7-11-25(15-19-41-23(5)37)34-30-27(22(4)33-31(32)35-30)20-24-12-13-26(21-28(24)39-6)42-18-10-16-36(8-2)17-14-29(38)40-9-3/h12-13,21,25H,7-11,14-20H2,1-6H3,(H3,32,33,34,35)/t25-/m0/s1. The molecule has 0 spiro atoms. The van der Waals surface area contributed by atoms with Crippen molar-refractivity contribution in [1.82, 2.24) is 14.9 Å². The molecule has 234 valence electrons. The molecule has 1 atom stereocenters. The minimum atomic E-state index is -0.290. The lowest BCUT2D eigenvalue weighted by molar-refractivity contribution is -0.143. The second-order valence-corrected chi connectivity index (χ2v) is 10.1. The van der Waals surface area contributed by atoms with Gasteiger partial charge in [-0.05, 0) is 44.9 Å². The van der Waals surface area contributed by atoms with Crippen LogP contribution in [0, 0.1) is 6.92 Å². The quantitative estimate of drug-likeness (QED) is 0.167. The summed E-state index contributed by atoms with van der Waals surface area (Å²) < 4.78 is 21.9. The van der Waals surface area contributed by atoms with Gasteiger partial charge in [-0.2, -0.15) is 4.98 Å². The van der Waals surface area contributed by atoms with Crippen LogP contribution in [0.15, 0.2) is 18.2 Å². The van der Waals surface area contributed by atoms with E-state index in [1.165, 1.54) is 6.92 Å². The first kappa shape index (κ1) is 34.6. The van der Waals surface area contributed by atoms with Crippen molar-refractivity contribution < 1.29 is 28.5 Å². The average Bonchev–Trinajstić information content (AvgIpc) is 2.94. The molecule has 2 aromatic rings. The smallest absolute Gasteiger partial charge is 0.307 e. The maximum Gasteiger partial charge on any atom is 0.307 e. The Morgan fingerprint density at radius 1 is 1.07 bits per heavy atom. The lowest BCUT2D eigenvalue weighted by Crippen LogP contribution is -2.28. The Kier molecular flexibility index (Phi) is 15.5. The molecule has 1 aromatic heterocycles. The molecule has 0 fully saturated rings. The lowest BCUT2D eigenvalue weighted by Gasteiger charge is -2.22. The second kappa shape index (κ2) is 18.8. The molecule has 42 heavy (non-hydrogen) atoms. The number of nitrogens with zero attached hydrogens (tertiary/aromatic N) is 3. The first-order chi connectivity index (χ1) is 20.2. The Morgan fingerprint density at radius 2 is 1.86 bits per heavy atom. The van der Waals surface area contributed by atoms with Crippen LogP contribution in [0.25, 0.3) is 0 Å². The number of methoxy groups -OCH3 is 1. The monoisotopic (exact) mass is 587 g/mol. The van der Waals surface area contributed by atoms with Crippen LogP contribution in [0.1, 0.15) is 76.6 Å². The number of esters is 2. The van der Waals surface area contributed by atoms with Crippen LogP contribution in [0.4, 0.5) is 11.8 Å². The van der Waals surface area contributed by atoms with E-state index in [1.54, 1.807) is 7.11 Å². The summed E-state index contributed by atoms with van der Waals surface area (Å²) in [5.74, 6) is 1.85. The summed E-state index contributed by atoms with van der Waals surface area (Å²) in [5, 5.41) is 3.53. The SMILES string of the molecule is CCC[C@@H](CCOC(C)=O)Nc1nc(N)nc(C)c1Cc1ccc(OCCCN(CC)CCC(=O)OCC)cc1OC. The van der Waals surface area contributed by atoms with Gasteiger partial charge >= 0.3 is 11.9 Å². The number of nitrogen functional groups attached to an aromatic ring is 1. The molecule has 1 aromatic carbocycles. The predicted molar refractivity (Wildman–Crippen MR) is 164 cm³/mol. The van der Waals surface area contributed by atoms with Gasteiger partial charge in [-0.3, -0.25) is 9.59 Å². The Balaban J connectivity index is 2.06. The fourth-order valence-corrected chi connectivity index (χ4v) is 4.66. The highest BCUT2D eigenvalue weighted by molar-refractivity contribution is 5.69. The van der Waals surface area contributed by atoms with Gasteiger partial charge in [0.25, 0.3) is 0 Å². The van der Waals surface area contributed by atoms with Crippen LogP contribution < -0.4 is 20.5 Å². The van der Waals surface area contributed by atoms with E-state index in [1.807, 2.05) is 32.0 Å². The minimum absolute atomic E-state index is 0.0632. The molecule has 0 saturated carbocycles. The van der Waals surface area contributed by atoms with Gasteiger partial charge in [-0.25, -0.2) is 4.98 Å². The van der Waals surface area contributed by atoms with Crippen LogP contribution in [-0.4, -0.2) is 79.4 Å². The first-order valence-electron chi connectivity index (χ1n) is 14.9. The normalized spacial score (nSPS) is 11.7. The van der Waals surface area contributed by atoms with E-state index >= 15 is 0 Å². The Morgan fingerprint density at radius 3 is 2.52 bits per heavy atom. The molecular weight excluding hydrogens is 538 g/mol. The number of aromatic nitrogens is 2. The number of nitrogens with one attached hydrogen (secondary N) is 1. The van der Waals surface area contributed by atoms with Gasteiger partial charge < -0.3 is 34.9 Å². The molecule has 0 unspecified atom stereocenters. The number of carbonyl (C=O) groups is 2. The van der Waals surface area contributed by atoms with Crippen molar-refractivity contribution in [1.29, 1.82) is 0 Å². The molecule has 3 N–H and O–H groups in total. The van der Waals surface area contributed by atoms with Gasteiger partial charge in [-0.15, -0.1) is 0 Å². The number of nitrogens with two attached hydrogens (primary N) is 1. The highest BCUT2D eigenvalue weighted by atomic mass is 16.5. The number of hydrogen-bond donors (Lipinski definition) is 2. The van der Waals surface area contributed by atoms with Gasteiger partial charge in [0, 0.05) is 56.2 Å². The van der Waals surface area contributed by atoms with Crippen LogP contribution in [0.3, 0.4) is 0 Å². The molecule has 11 nitrogen and oxygen atoms in total. The molecule has 0 saturated heterocycles. The number of benzene rings is 1. The fraction of sp³-hybridized carbons (Fsp3) is 0.613. The first-order valence-corrected chi connectivity index (χ1v) is 14.9. The van der Waals surface area contributed by atoms with E-state index in [4.69, 9.17) is 24.7 Å². The average molecular weight is 588 g/mol. The maximum absolute atomic E-state index is 11.6. The van der Waals surface area contributed by atoms with Gasteiger partial charge in [0.05, 0.1) is 33.4 Å². The number of ether oxygens (including phenoxy) is 4. The van der Waals surface area contributed by atoms with Crippen LogP contribution >= 0.6 is 0 Å². The number of hydrogen-bond acceptors (Lipinski definition) is 11. The van der Waals surface area contributed by atoms with Gasteiger partial charge in [0.2, 0.25) is 5.95 Å². The topological polar surface area (TPSA) is 138 Å². The Labute approximate surface area is 250 Å². The van der Waals surface area contributed by atoms with E-state index in [0.717, 1.165) is 54.9 Å². The molecule has 1 heterocycles. The highest BCUT2D eigenvalue weighted by Crippen LogP contribution is 2.30. The molecule has 0 amide bonds. The second-order valence-electron chi connectivity index (χ2n) is 10.1. The predicted octanol–water partition coefficient (Wildman–Crippen LogP) is 4.54. The zero-order valence-corrected chi connectivity index (χ0v) is 26.2. The summed E-state index contributed by atoms with van der Waals surface area (Å²) in [7, 11) is 1.64. The molecule has 0 radical (unpaired) electrons. The maximum atomic E-state index is 11.6. The zero-order valence-electron chi connectivity index (χ0n) is 26.2. The largest absolute Gasteiger partial charge is 0.496 e. The molecule has 0 bridgehead atoms. The number of carbonyl (C=O) groups excluding carboxylic acids is 2. The third kappa shape index (κ3) is 12.1. The van der Waals surface area contributed by atoms with Crippen LogP contribution in [0.5, 0.6) is 11.5 Å². The summed E-state index contributed by atoms with van der Waals surface area (Å²) in [6.07, 6.45) is 4.27. The van der Waals surface area contributed by atoms with E-state index in [9.17, 15) is 9.59 Å². The Hall–Kier alpha value is -3.60. The van der Waals surface area contributed by atoms with Crippen molar-refractivity contribution in [2.45, 2.75) is 79.2 Å². The number of rotatable bonds is 20. The third-order valence-corrected chi connectivity index (χ3v) is 6.88. The van der Waals surface area contributed by atoms with Crippen molar-refractivity contribution >= 4 is 23.7 Å². The number of aryl methyl sites for hydroxylation is 1. The summed E-state index contributed by atoms with van der Waals surface area (Å²) in [5.41, 5.74) is 8.69. The molecule has 2 rings (SSSR count). The van der Waals surface area contributed by atoms with Crippen LogP contribution in [0.2, 0.25) is 0 Å². The van der Waals surface area contributed by atoms with Crippen molar-refractivity contribution in [3.8, 4) is 11.5 Å². The van der Waals surface area contributed by atoms with Gasteiger partial charge in [-0.1, -0.05) is 26.3 Å². The van der Waals surface area contributed by atoms with Crippen LogP contribution in [-0.2, 0) is 25.5 Å². The molecular formula is C31H49N5O6. The van der Waals surface area contributed by atoms with E-state index in [-0.39, 0.29) is 23.9 Å². The van der Waals surface area contributed by atoms with Crippen molar-refractivity contribution in [2.75, 3.05) is 57.6 Å². The molecule has 0 aliphatic heterocycles. The van der Waals surface area contributed by atoms with E-state index < -0.39 is 0 Å². The third-order valence-electron chi connectivity index (χ3n) is 6.88. The highest BCUT2D eigenvalue weighted by Gasteiger charge is 2.18.